The molecular formula is C12H13NO2S. The number of sulfonamides is 1. The molecule has 0 heterocycles. The van der Waals surface area contributed by atoms with Gasteiger partial charge in [0.05, 0.1) is 0 Å². The molecule has 0 saturated carbocycles. The van der Waals surface area contributed by atoms with Crippen LogP contribution in [0.2, 0.25) is 0 Å². The van der Waals surface area contributed by atoms with Gasteiger partial charge >= 0.3 is 0 Å². The first-order chi connectivity index (χ1) is 7.42. The topological polar surface area (TPSA) is 60.2 Å². The minimum absolute atomic E-state index is 0.879. The Morgan fingerprint density at radius 3 is 2.44 bits per heavy atom. The van der Waals surface area contributed by atoms with Crippen LogP contribution in [0, 0.1) is 0 Å². The minimum atomic E-state index is -3.65. The number of nitrogens with two attached hydrogens (primary N) is 1. The lowest BCUT2D eigenvalue weighted by molar-refractivity contribution is 0.585. The number of benzene rings is 1. The van der Waals surface area contributed by atoms with Gasteiger partial charge in [-0.15, -0.1) is 0 Å². The number of hydrogen-bond donors (Lipinski definition) is 1. The maximum atomic E-state index is 11.6. The lowest BCUT2D eigenvalue weighted by Gasteiger charge is -2.18. The Labute approximate surface area is 94.6 Å². The highest BCUT2D eigenvalue weighted by atomic mass is 32.2. The third kappa shape index (κ3) is 1.81. The van der Waals surface area contributed by atoms with Crippen LogP contribution in [0.3, 0.4) is 0 Å². The lowest BCUT2D eigenvalue weighted by atomic mass is 10.1. The van der Waals surface area contributed by atoms with Crippen molar-refractivity contribution in [3.8, 4) is 0 Å². The average Bonchev–Trinajstić information content (AvgIpc) is 2.35. The number of allylic oxidation sites excluding steroid dienone is 1. The molecule has 4 heteroatoms. The van der Waals surface area contributed by atoms with Gasteiger partial charge in [-0.2, -0.15) is 0 Å². The number of rotatable bonds is 1. The van der Waals surface area contributed by atoms with Crippen molar-refractivity contribution in [1.29, 1.82) is 0 Å². The van der Waals surface area contributed by atoms with E-state index >= 15 is 0 Å². The van der Waals surface area contributed by atoms with Crippen LogP contribution in [0.25, 0.3) is 12.2 Å². The first-order valence-corrected chi connectivity index (χ1v) is 6.47. The number of primary sulfonamides is 1. The predicted octanol–water partition coefficient (Wildman–Crippen LogP) is -0.135. The van der Waals surface area contributed by atoms with E-state index in [0.29, 0.717) is 0 Å². The van der Waals surface area contributed by atoms with E-state index in [-0.39, 0.29) is 0 Å². The van der Waals surface area contributed by atoms with Gasteiger partial charge in [-0.3, -0.25) is 0 Å². The van der Waals surface area contributed by atoms with E-state index in [9.17, 15) is 8.42 Å². The van der Waals surface area contributed by atoms with Gasteiger partial charge in [0, 0.05) is 0 Å². The molecule has 0 fully saturated rings. The molecule has 1 aromatic carbocycles. The zero-order chi connectivity index (χ0) is 11.8. The Kier molecular flexibility index (Phi) is 2.48. The average molecular weight is 235 g/mol. The monoisotopic (exact) mass is 235 g/mol. The summed E-state index contributed by atoms with van der Waals surface area (Å²) in [6.07, 6.45) is 6.88. The van der Waals surface area contributed by atoms with Crippen LogP contribution in [0.15, 0.2) is 36.4 Å². The van der Waals surface area contributed by atoms with Crippen LogP contribution in [0.4, 0.5) is 0 Å². The zero-order valence-electron chi connectivity index (χ0n) is 8.92. The van der Waals surface area contributed by atoms with Crippen LogP contribution < -0.4 is 15.6 Å². The summed E-state index contributed by atoms with van der Waals surface area (Å²) in [4.78, 5) is 0. The zero-order valence-corrected chi connectivity index (χ0v) is 9.74. The van der Waals surface area contributed by atoms with Gasteiger partial charge in [0.1, 0.15) is 4.75 Å². The Bertz CT molecular complexity index is 659. The van der Waals surface area contributed by atoms with E-state index in [1.807, 2.05) is 30.3 Å². The lowest BCUT2D eigenvalue weighted by Crippen LogP contribution is -2.39. The van der Waals surface area contributed by atoms with E-state index in [2.05, 4.69) is 0 Å². The molecule has 0 aromatic heterocycles. The highest BCUT2D eigenvalue weighted by molar-refractivity contribution is 7.91. The molecule has 1 aliphatic carbocycles. The van der Waals surface area contributed by atoms with Gasteiger partial charge < -0.3 is 0 Å². The highest BCUT2D eigenvalue weighted by Crippen LogP contribution is 2.18. The van der Waals surface area contributed by atoms with E-state index in [1.54, 1.807) is 25.2 Å². The van der Waals surface area contributed by atoms with Crippen LogP contribution in [0.5, 0.6) is 0 Å². The summed E-state index contributed by atoms with van der Waals surface area (Å²) in [6, 6.07) is 7.60. The molecule has 0 saturated heterocycles. The van der Waals surface area contributed by atoms with Crippen LogP contribution in [-0.4, -0.2) is 13.2 Å². The van der Waals surface area contributed by atoms with Crippen molar-refractivity contribution >= 4 is 22.2 Å². The molecule has 0 bridgehead atoms. The molecule has 2 N–H and O–H groups in total. The second kappa shape index (κ2) is 3.57. The first-order valence-electron chi connectivity index (χ1n) is 4.92. The molecular weight excluding hydrogens is 222 g/mol. The first kappa shape index (κ1) is 11.1. The highest BCUT2D eigenvalue weighted by Gasteiger charge is 2.31. The van der Waals surface area contributed by atoms with E-state index in [4.69, 9.17) is 5.14 Å². The van der Waals surface area contributed by atoms with E-state index in [1.165, 1.54) is 0 Å². The van der Waals surface area contributed by atoms with E-state index in [0.717, 1.165) is 10.4 Å². The summed E-state index contributed by atoms with van der Waals surface area (Å²) in [5.41, 5.74) is 0. The summed E-state index contributed by atoms with van der Waals surface area (Å²) in [5, 5.41) is 7.12. The number of fused-ring (bicyclic) bond motifs is 1. The SMILES string of the molecule is CC1(S(N)(=O)=O)C=CC=c2ccccc2=C1. The van der Waals surface area contributed by atoms with Gasteiger partial charge in [-0.1, -0.05) is 48.6 Å². The second-order valence-corrected chi connectivity index (χ2v) is 6.00. The molecule has 1 aromatic rings. The van der Waals surface area contributed by atoms with Crippen molar-refractivity contribution in [2.45, 2.75) is 11.7 Å². The minimum Gasteiger partial charge on any atom is -0.228 e. The second-order valence-electron chi connectivity index (χ2n) is 4.03. The molecule has 1 atom stereocenters. The Morgan fingerprint density at radius 1 is 1.19 bits per heavy atom. The van der Waals surface area contributed by atoms with Gasteiger partial charge in [0.2, 0.25) is 10.0 Å². The smallest absolute Gasteiger partial charge is 0.221 e. The summed E-state index contributed by atoms with van der Waals surface area (Å²) < 4.78 is 22.0. The van der Waals surface area contributed by atoms with Crippen molar-refractivity contribution in [2.24, 2.45) is 5.14 Å². The largest absolute Gasteiger partial charge is 0.228 e. The summed E-state index contributed by atoms with van der Waals surface area (Å²) in [6.45, 7) is 1.59. The normalized spacial score (nSPS) is 23.9. The molecule has 84 valence electrons. The van der Waals surface area contributed by atoms with Crippen molar-refractivity contribution < 1.29 is 8.42 Å². The third-order valence-corrected chi connectivity index (χ3v) is 4.23. The summed E-state index contributed by atoms with van der Waals surface area (Å²) in [7, 11) is -3.65. The fourth-order valence-corrected chi connectivity index (χ4v) is 2.23. The maximum Gasteiger partial charge on any atom is 0.221 e. The molecule has 0 radical (unpaired) electrons. The number of hydrogen-bond acceptors (Lipinski definition) is 2. The van der Waals surface area contributed by atoms with Crippen molar-refractivity contribution in [1.82, 2.24) is 0 Å². The molecule has 0 amide bonds. The van der Waals surface area contributed by atoms with Gasteiger partial charge in [0.25, 0.3) is 0 Å². The van der Waals surface area contributed by atoms with Gasteiger partial charge in [-0.25, -0.2) is 13.6 Å². The van der Waals surface area contributed by atoms with Gasteiger partial charge in [0.15, 0.2) is 0 Å². The fourth-order valence-electron chi connectivity index (χ4n) is 1.67. The van der Waals surface area contributed by atoms with E-state index < -0.39 is 14.8 Å². The standard InChI is InChI=1S/C12H13NO2S/c1-12(16(13,14)15)8-4-7-10-5-2-3-6-11(10)9-12/h2-9H,1H3,(H2,13,14,15). The maximum absolute atomic E-state index is 11.6. The van der Waals surface area contributed by atoms with Crippen LogP contribution in [0.1, 0.15) is 6.92 Å². The van der Waals surface area contributed by atoms with Crippen LogP contribution >= 0.6 is 0 Å². The Balaban J connectivity index is 2.80. The van der Waals surface area contributed by atoms with Gasteiger partial charge in [-0.05, 0) is 17.4 Å². The van der Waals surface area contributed by atoms with Crippen molar-refractivity contribution in [3.63, 3.8) is 0 Å². The third-order valence-electron chi connectivity index (χ3n) is 2.75. The molecule has 0 aliphatic heterocycles. The predicted molar refractivity (Wildman–Crippen MR) is 65.3 cm³/mol. The molecule has 16 heavy (non-hydrogen) atoms. The summed E-state index contributed by atoms with van der Waals surface area (Å²) >= 11 is 0. The quantitative estimate of drug-likeness (QED) is 0.737. The molecule has 1 unspecified atom stereocenters. The Hall–Kier alpha value is -1.39. The summed E-state index contributed by atoms with van der Waals surface area (Å²) in [5.74, 6) is 0. The Morgan fingerprint density at radius 2 is 1.81 bits per heavy atom. The fraction of sp³-hybridized carbons (Fsp3) is 0.167. The molecule has 1 aliphatic rings. The van der Waals surface area contributed by atoms with Crippen molar-refractivity contribution in [2.75, 3.05) is 0 Å². The molecule has 3 nitrogen and oxygen atoms in total. The van der Waals surface area contributed by atoms with Crippen molar-refractivity contribution in [3.05, 3.63) is 46.9 Å². The van der Waals surface area contributed by atoms with Crippen LogP contribution in [-0.2, 0) is 10.0 Å². The molecule has 0 spiro atoms. The molecule has 2 rings (SSSR count).